The van der Waals surface area contributed by atoms with Crippen LogP contribution in [-0.4, -0.2) is 23.3 Å². The Balaban J connectivity index is 1.67. The van der Waals surface area contributed by atoms with Gasteiger partial charge in [-0.3, -0.25) is 0 Å². The predicted octanol–water partition coefficient (Wildman–Crippen LogP) is 1.85. The summed E-state index contributed by atoms with van der Waals surface area (Å²) < 4.78 is 0. The molecular weight excluding hydrogens is 236 g/mol. The van der Waals surface area contributed by atoms with E-state index in [1.807, 2.05) is 17.5 Å². The number of carbonyl (C=O) groups excluding carboxylic acids is 1. The first-order chi connectivity index (χ1) is 8.18. The molecule has 1 aliphatic rings. The summed E-state index contributed by atoms with van der Waals surface area (Å²) >= 11 is 1.62. The van der Waals surface area contributed by atoms with Crippen LogP contribution in [0.25, 0.3) is 0 Å². The normalized spacial score (nSPS) is 17.9. The number of thiophene rings is 1. The van der Waals surface area contributed by atoms with Crippen molar-refractivity contribution in [1.82, 2.24) is 10.6 Å². The Labute approximate surface area is 105 Å². The van der Waals surface area contributed by atoms with Crippen LogP contribution >= 0.6 is 11.3 Å². The zero-order chi connectivity index (χ0) is 12.1. The van der Waals surface area contributed by atoms with E-state index in [1.165, 1.54) is 0 Å². The molecular formula is C12H18N2O2S. The summed E-state index contributed by atoms with van der Waals surface area (Å²) in [5, 5.41) is 17.5. The maximum absolute atomic E-state index is 11.5. The molecule has 0 unspecified atom stereocenters. The van der Waals surface area contributed by atoms with E-state index in [0.717, 1.165) is 30.6 Å². The number of aliphatic hydroxyl groups is 1. The molecule has 0 radical (unpaired) electrons. The molecule has 1 aliphatic carbocycles. The zero-order valence-corrected chi connectivity index (χ0v) is 10.6. The Hall–Kier alpha value is -1.07. The number of urea groups is 1. The van der Waals surface area contributed by atoms with Gasteiger partial charge in [0, 0.05) is 11.4 Å². The summed E-state index contributed by atoms with van der Waals surface area (Å²) in [5.74, 6) is 0. The standard InChI is InChI=1S/C12H18N2O2S/c15-11(13-8-10-4-3-7-17-10)14-9-12(16)5-1-2-6-12/h3-4,7,16H,1-2,5-6,8-9H2,(H2,13,14,15). The first-order valence-corrected chi connectivity index (χ1v) is 6.82. The van der Waals surface area contributed by atoms with E-state index < -0.39 is 5.60 Å². The van der Waals surface area contributed by atoms with Crippen LogP contribution in [0.4, 0.5) is 4.79 Å². The molecule has 1 fully saturated rings. The van der Waals surface area contributed by atoms with Gasteiger partial charge in [-0.1, -0.05) is 18.9 Å². The number of hydrogen-bond acceptors (Lipinski definition) is 3. The Morgan fingerprint density at radius 3 is 2.82 bits per heavy atom. The second kappa shape index (κ2) is 5.51. The average Bonchev–Trinajstić information content (AvgIpc) is 2.95. The van der Waals surface area contributed by atoms with Crippen LogP contribution in [0, 0.1) is 0 Å². The fourth-order valence-corrected chi connectivity index (χ4v) is 2.74. The molecule has 17 heavy (non-hydrogen) atoms. The molecule has 0 saturated heterocycles. The van der Waals surface area contributed by atoms with E-state index in [4.69, 9.17) is 0 Å². The highest BCUT2D eigenvalue weighted by atomic mass is 32.1. The number of hydrogen-bond donors (Lipinski definition) is 3. The third kappa shape index (κ3) is 3.71. The van der Waals surface area contributed by atoms with Gasteiger partial charge in [-0.05, 0) is 24.3 Å². The van der Waals surface area contributed by atoms with E-state index in [1.54, 1.807) is 11.3 Å². The molecule has 1 heterocycles. The number of carbonyl (C=O) groups is 1. The minimum atomic E-state index is -0.680. The van der Waals surface area contributed by atoms with Crippen LogP contribution in [-0.2, 0) is 6.54 Å². The Morgan fingerprint density at radius 1 is 1.41 bits per heavy atom. The summed E-state index contributed by atoms with van der Waals surface area (Å²) in [6, 6.07) is 3.73. The van der Waals surface area contributed by atoms with E-state index >= 15 is 0 Å². The molecule has 94 valence electrons. The number of amides is 2. The molecule has 1 aromatic heterocycles. The average molecular weight is 254 g/mol. The Kier molecular flexibility index (Phi) is 4.02. The topological polar surface area (TPSA) is 61.4 Å². The lowest BCUT2D eigenvalue weighted by molar-refractivity contribution is 0.0501. The highest BCUT2D eigenvalue weighted by Crippen LogP contribution is 2.28. The monoisotopic (exact) mass is 254 g/mol. The lowest BCUT2D eigenvalue weighted by atomic mass is 10.0. The zero-order valence-electron chi connectivity index (χ0n) is 9.74. The van der Waals surface area contributed by atoms with Crippen molar-refractivity contribution in [2.45, 2.75) is 37.8 Å². The van der Waals surface area contributed by atoms with Gasteiger partial charge in [0.05, 0.1) is 12.1 Å². The molecule has 1 aromatic rings. The van der Waals surface area contributed by atoms with Gasteiger partial charge in [-0.25, -0.2) is 4.79 Å². The molecule has 5 heteroatoms. The van der Waals surface area contributed by atoms with Gasteiger partial charge in [0.25, 0.3) is 0 Å². The molecule has 3 N–H and O–H groups in total. The highest BCUT2D eigenvalue weighted by Gasteiger charge is 2.31. The summed E-state index contributed by atoms with van der Waals surface area (Å²) in [7, 11) is 0. The largest absolute Gasteiger partial charge is 0.388 e. The number of rotatable bonds is 4. The molecule has 2 amide bonds. The van der Waals surface area contributed by atoms with Crippen LogP contribution in [0.3, 0.4) is 0 Å². The van der Waals surface area contributed by atoms with Crippen molar-refractivity contribution in [3.05, 3.63) is 22.4 Å². The van der Waals surface area contributed by atoms with Crippen molar-refractivity contribution in [2.75, 3.05) is 6.54 Å². The summed E-state index contributed by atoms with van der Waals surface area (Å²) in [6.45, 7) is 0.894. The van der Waals surface area contributed by atoms with E-state index in [2.05, 4.69) is 10.6 Å². The Morgan fingerprint density at radius 2 is 2.18 bits per heavy atom. The van der Waals surface area contributed by atoms with Crippen molar-refractivity contribution >= 4 is 17.4 Å². The second-order valence-electron chi connectivity index (χ2n) is 4.55. The van der Waals surface area contributed by atoms with Crippen LogP contribution in [0.5, 0.6) is 0 Å². The third-order valence-corrected chi connectivity index (χ3v) is 3.99. The number of nitrogens with one attached hydrogen (secondary N) is 2. The lowest BCUT2D eigenvalue weighted by Gasteiger charge is -2.22. The Bertz CT molecular complexity index is 359. The predicted molar refractivity (Wildman–Crippen MR) is 68.0 cm³/mol. The van der Waals surface area contributed by atoms with Crippen LogP contribution in [0.15, 0.2) is 17.5 Å². The SMILES string of the molecule is O=C(NCc1cccs1)NCC1(O)CCCC1. The van der Waals surface area contributed by atoms with Crippen molar-refractivity contribution in [1.29, 1.82) is 0 Å². The first kappa shape index (κ1) is 12.4. The molecule has 4 nitrogen and oxygen atoms in total. The minimum Gasteiger partial charge on any atom is -0.388 e. The first-order valence-electron chi connectivity index (χ1n) is 5.94. The van der Waals surface area contributed by atoms with E-state index in [9.17, 15) is 9.90 Å². The molecule has 1 saturated carbocycles. The summed E-state index contributed by atoms with van der Waals surface area (Å²) in [4.78, 5) is 12.6. The van der Waals surface area contributed by atoms with Crippen molar-refractivity contribution in [3.63, 3.8) is 0 Å². The third-order valence-electron chi connectivity index (χ3n) is 3.12. The highest BCUT2D eigenvalue weighted by molar-refractivity contribution is 7.09. The van der Waals surface area contributed by atoms with E-state index in [0.29, 0.717) is 13.1 Å². The minimum absolute atomic E-state index is 0.210. The maximum atomic E-state index is 11.5. The summed E-state index contributed by atoms with van der Waals surface area (Å²) in [6.07, 6.45) is 3.68. The van der Waals surface area contributed by atoms with Gasteiger partial charge < -0.3 is 15.7 Å². The van der Waals surface area contributed by atoms with Crippen LogP contribution in [0.2, 0.25) is 0 Å². The second-order valence-corrected chi connectivity index (χ2v) is 5.58. The van der Waals surface area contributed by atoms with Gasteiger partial charge in [-0.2, -0.15) is 0 Å². The van der Waals surface area contributed by atoms with Gasteiger partial charge in [0.15, 0.2) is 0 Å². The molecule has 2 rings (SSSR count). The van der Waals surface area contributed by atoms with Crippen LogP contribution < -0.4 is 10.6 Å². The fourth-order valence-electron chi connectivity index (χ4n) is 2.10. The van der Waals surface area contributed by atoms with Gasteiger partial charge in [0.1, 0.15) is 0 Å². The molecule has 0 aliphatic heterocycles. The maximum Gasteiger partial charge on any atom is 0.315 e. The van der Waals surface area contributed by atoms with Gasteiger partial charge in [-0.15, -0.1) is 11.3 Å². The van der Waals surface area contributed by atoms with E-state index in [-0.39, 0.29) is 6.03 Å². The smallest absolute Gasteiger partial charge is 0.315 e. The molecule has 0 aromatic carbocycles. The van der Waals surface area contributed by atoms with Crippen LogP contribution in [0.1, 0.15) is 30.6 Å². The molecule has 0 atom stereocenters. The van der Waals surface area contributed by atoms with Gasteiger partial charge >= 0.3 is 6.03 Å². The van der Waals surface area contributed by atoms with Crippen molar-refractivity contribution < 1.29 is 9.90 Å². The summed E-state index contributed by atoms with van der Waals surface area (Å²) in [5.41, 5.74) is -0.680. The van der Waals surface area contributed by atoms with Gasteiger partial charge in [0.2, 0.25) is 0 Å². The quantitative estimate of drug-likeness (QED) is 0.768. The molecule has 0 spiro atoms. The fraction of sp³-hybridized carbons (Fsp3) is 0.583. The van der Waals surface area contributed by atoms with Crippen molar-refractivity contribution in [2.24, 2.45) is 0 Å². The van der Waals surface area contributed by atoms with Crippen molar-refractivity contribution in [3.8, 4) is 0 Å². The lowest BCUT2D eigenvalue weighted by Crippen LogP contribution is -2.44. The molecule has 0 bridgehead atoms.